The van der Waals surface area contributed by atoms with Crippen LogP contribution < -0.4 is 4.90 Å². The van der Waals surface area contributed by atoms with E-state index < -0.39 is 18.0 Å². The normalized spacial score (nSPS) is 19.6. The first-order valence-corrected chi connectivity index (χ1v) is 9.20. The molecular formula is C18H11BrCl2N2O3. The second-order valence-corrected chi connectivity index (χ2v) is 7.77. The monoisotopic (exact) mass is 452 g/mol. The van der Waals surface area contributed by atoms with Gasteiger partial charge in [0.25, 0.3) is 5.91 Å². The van der Waals surface area contributed by atoms with Gasteiger partial charge in [0.1, 0.15) is 11.8 Å². The van der Waals surface area contributed by atoms with Gasteiger partial charge in [0.2, 0.25) is 0 Å². The second kappa shape index (κ2) is 6.30. The fourth-order valence-corrected chi connectivity index (χ4v) is 4.07. The number of urea groups is 1. The first-order chi connectivity index (χ1) is 12.4. The summed E-state index contributed by atoms with van der Waals surface area (Å²) in [5, 5.41) is 11.0. The lowest BCUT2D eigenvalue weighted by Gasteiger charge is -2.16. The van der Waals surface area contributed by atoms with Crippen molar-refractivity contribution in [3.05, 3.63) is 68.3 Å². The molecule has 1 atom stereocenters. The summed E-state index contributed by atoms with van der Waals surface area (Å²) in [6, 6.07) is 10.4. The Morgan fingerprint density at radius 2 is 1.65 bits per heavy atom. The number of aliphatic hydroxyl groups excluding tert-OH is 1. The van der Waals surface area contributed by atoms with Crippen LogP contribution in [0, 0.1) is 0 Å². The maximum Gasteiger partial charge on any atom is 0.332 e. The highest BCUT2D eigenvalue weighted by Gasteiger charge is 2.52. The van der Waals surface area contributed by atoms with Gasteiger partial charge in [-0.05, 0) is 35.9 Å². The molecule has 2 aromatic rings. The van der Waals surface area contributed by atoms with E-state index in [4.69, 9.17) is 23.2 Å². The molecule has 132 valence electrons. The van der Waals surface area contributed by atoms with Crippen LogP contribution in [0.3, 0.4) is 0 Å². The first kappa shape index (κ1) is 17.4. The summed E-state index contributed by atoms with van der Waals surface area (Å²) >= 11 is 15.4. The molecule has 0 unspecified atom stereocenters. The number of carbonyl (C=O) groups excluding carboxylic acids is 2. The lowest BCUT2D eigenvalue weighted by atomic mass is 9.99. The number of anilines is 1. The number of imide groups is 1. The van der Waals surface area contributed by atoms with Gasteiger partial charge >= 0.3 is 6.03 Å². The van der Waals surface area contributed by atoms with Gasteiger partial charge in [-0.2, -0.15) is 0 Å². The van der Waals surface area contributed by atoms with Gasteiger partial charge in [-0.25, -0.2) is 9.69 Å². The molecule has 2 aromatic carbocycles. The van der Waals surface area contributed by atoms with Gasteiger partial charge < -0.3 is 10.0 Å². The Morgan fingerprint density at radius 3 is 2.27 bits per heavy atom. The predicted octanol–water partition coefficient (Wildman–Crippen LogP) is 4.88. The van der Waals surface area contributed by atoms with E-state index in [1.165, 1.54) is 23.1 Å². The number of rotatable bonds is 2. The zero-order valence-electron chi connectivity index (χ0n) is 13.1. The SMILES string of the molecule is O=C1[C@H]2C(c3ccc(Br)cc3)=C(O)CN2C(=O)N1c1cc(Cl)cc(Cl)c1. The van der Waals surface area contributed by atoms with Crippen molar-refractivity contribution in [2.75, 3.05) is 11.4 Å². The maximum absolute atomic E-state index is 13.0. The van der Waals surface area contributed by atoms with Gasteiger partial charge in [0.05, 0.1) is 12.2 Å². The Kier molecular flexibility index (Phi) is 4.22. The Hall–Kier alpha value is -2.02. The summed E-state index contributed by atoms with van der Waals surface area (Å²) in [6.45, 7) is -0.0224. The number of halogens is 3. The molecule has 4 rings (SSSR count). The van der Waals surface area contributed by atoms with Crippen molar-refractivity contribution < 1.29 is 14.7 Å². The molecule has 2 heterocycles. The van der Waals surface area contributed by atoms with Crippen molar-refractivity contribution in [2.24, 2.45) is 0 Å². The smallest absolute Gasteiger partial charge is 0.332 e. The number of carbonyl (C=O) groups is 2. The number of nitrogens with zero attached hydrogens (tertiary/aromatic N) is 2. The fraction of sp³-hybridized carbons (Fsp3) is 0.111. The molecule has 0 aliphatic carbocycles. The molecule has 0 spiro atoms. The highest BCUT2D eigenvalue weighted by molar-refractivity contribution is 9.10. The molecule has 8 heteroatoms. The Morgan fingerprint density at radius 1 is 1.04 bits per heavy atom. The third-order valence-electron chi connectivity index (χ3n) is 4.37. The van der Waals surface area contributed by atoms with E-state index in [1.807, 2.05) is 12.1 Å². The summed E-state index contributed by atoms with van der Waals surface area (Å²) in [5.41, 5.74) is 1.43. The number of hydrogen-bond donors (Lipinski definition) is 1. The van der Waals surface area contributed by atoms with Crippen molar-refractivity contribution in [1.29, 1.82) is 0 Å². The predicted molar refractivity (Wildman–Crippen MR) is 104 cm³/mol. The fourth-order valence-electron chi connectivity index (χ4n) is 3.29. The molecule has 5 nitrogen and oxygen atoms in total. The molecule has 3 amide bonds. The van der Waals surface area contributed by atoms with Gasteiger partial charge in [-0.3, -0.25) is 4.79 Å². The Balaban J connectivity index is 1.76. The number of hydrogen-bond acceptors (Lipinski definition) is 3. The van der Waals surface area contributed by atoms with E-state index in [0.717, 1.165) is 9.37 Å². The summed E-state index contributed by atoms with van der Waals surface area (Å²) in [5.74, 6) is -0.432. The quantitative estimate of drug-likeness (QED) is 0.659. The largest absolute Gasteiger partial charge is 0.510 e. The summed E-state index contributed by atoms with van der Waals surface area (Å²) in [4.78, 5) is 28.2. The van der Waals surface area contributed by atoms with Crippen LogP contribution in [0.5, 0.6) is 0 Å². The van der Waals surface area contributed by atoms with Gasteiger partial charge in [-0.15, -0.1) is 0 Å². The van der Waals surface area contributed by atoms with Crippen LogP contribution in [0.1, 0.15) is 5.56 Å². The second-order valence-electron chi connectivity index (χ2n) is 5.98. The first-order valence-electron chi connectivity index (χ1n) is 7.65. The van der Waals surface area contributed by atoms with Gasteiger partial charge in [-0.1, -0.05) is 51.3 Å². The topological polar surface area (TPSA) is 60.9 Å². The molecule has 2 aliphatic heterocycles. The molecule has 0 bridgehead atoms. The molecular weight excluding hydrogens is 443 g/mol. The van der Waals surface area contributed by atoms with E-state index in [-0.39, 0.29) is 12.3 Å². The minimum absolute atomic E-state index is 0.0165. The standard InChI is InChI=1S/C18H11BrCl2N2O3/c19-10-3-1-9(2-4-10)15-14(24)8-22-16(15)17(25)23(18(22)26)13-6-11(20)5-12(21)7-13/h1-7,16,24H,8H2/t16-/m1/s1. The molecule has 1 saturated heterocycles. The van der Waals surface area contributed by atoms with Crippen LogP contribution in [0.2, 0.25) is 10.0 Å². The highest BCUT2D eigenvalue weighted by Crippen LogP contribution is 2.40. The molecule has 2 aliphatic rings. The summed E-state index contributed by atoms with van der Waals surface area (Å²) in [6.07, 6.45) is 0. The van der Waals surface area contributed by atoms with Crippen LogP contribution in [0.15, 0.2) is 52.7 Å². The molecule has 1 fully saturated rings. The number of amides is 3. The molecule has 0 saturated carbocycles. The van der Waals surface area contributed by atoms with E-state index >= 15 is 0 Å². The number of aliphatic hydroxyl groups is 1. The average Bonchev–Trinajstić information content (AvgIpc) is 3.02. The van der Waals surface area contributed by atoms with Crippen molar-refractivity contribution >= 4 is 62.3 Å². The van der Waals surface area contributed by atoms with Crippen molar-refractivity contribution in [3.8, 4) is 0 Å². The average molecular weight is 454 g/mol. The van der Waals surface area contributed by atoms with Crippen LogP contribution in [-0.4, -0.2) is 34.5 Å². The Labute approximate surface area is 167 Å². The zero-order valence-corrected chi connectivity index (χ0v) is 16.2. The van der Waals surface area contributed by atoms with Gasteiger partial charge in [0.15, 0.2) is 0 Å². The lowest BCUT2D eigenvalue weighted by Crippen LogP contribution is -2.33. The molecule has 1 N–H and O–H groups in total. The third kappa shape index (κ3) is 2.69. The maximum atomic E-state index is 13.0. The van der Waals surface area contributed by atoms with Crippen LogP contribution in [0.4, 0.5) is 10.5 Å². The minimum Gasteiger partial charge on any atom is -0.510 e. The van der Waals surface area contributed by atoms with Crippen molar-refractivity contribution in [2.45, 2.75) is 6.04 Å². The lowest BCUT2D eigenvalue weighted by molar-refractivity contribution is -0.118. The summed E-state index contributed by atoms with van der Waals surface area (Å²) in [7, 11) is 0. The number of fused-ring (bicyclic) bond motifs is 1. The number of benzene rings is 2. The van der Waals surface area contributed by atoms with E-state index in [2.05, 4.69) is 15.9 Å². The minimum atomic E-state index is -0.874. The third-order valence-corrected chi connectivity index (χ3v) is 5.33. The van der Waals surface area contributed by atoms with Crippen molar-refractivity contribution in [3.63, 3.8) is 0 Å². The van der Waals surface area contributed by atoms with E-state index in [0.29, 0.717) is 26.9 Å². The van der Waals surface area contributed by atoms with Gasteiger partial charge in [0, 0.05) is 20.1 Å². The van der Waals surface area contributed by atoms with Crippen LogP contribution >= 0.6 is 39.1 Å². The van der Waals surface area contributed by atoms with E-state index in [9.17, 15) is 14.7 Å². The summed E-state index contributed by atoms with van der Waals surface area (Å²) < 4.78 is 0.875. The van der Waals surface area contributed by atoms with E-state index in [1.54, 1.807) is 12.1 Å². The molecule has 0 aromatic heterocycles. The van der Waals surface area contributed by atoms with Crippen LogP contribution in [-0.2, 0) is 4.79 Å². The Bertz CT molecular complexity index is 955. The highest BCUT2D eigenvalue weighted by atomic mass is 79.9. The zero-order chi connectivity index (χ0) is 18.6. The van der Waals surface area contributed by atoms with Crippen molar-refractivity contribution in [1.82, 2.24) is 4.90 Å². The molecule has 26 heavy (non-hydrogen) atoms. The van der Waals surface area contributed by atoms with Crippen LogP contribution in [0.25, 0.3) is 5.57 Å². The molecule has 0 radical (unpaired) electrons.